The number of rotatable bonds is 0. The molecule has 0 amide bonds. The highest BCUT2D eigenvalue weighted by Gasteiger charge is 2.28. The maximum atomic E-state index is 11.3. The lowest BCUT2D eigenvalue weighted by Gasteiger charge is -2.28. The maximum Gasteiger partial charge on any atom is 0.154 e. The van der Waals surface area contributed by atoms with Crippen LogP contribution in [0.2, 0.25) is 0 Å². The number of Topliss-reactive ketones (excluding diaryl/α,β-unsaturated/α-hetero) is 1. The molecule has 2 heteroatoms. The number of piperidine rings is 1. The van der Waals surface area contributed by atoms with E-state index in [-0.39, 0.29) is 5.92 Å². The van der Waals surface area contributed by atoms with Gasteiger partial charge in [-0.25, -0.2) is 0 Å². The summed E-state index contributed by atoms with van der Waals surface area (Å²) in [5.41, 5.74) is 0. The fourth-order valence-corrected chi connectivity index (χ4v) is 1.67. The third-order valence-corrected chi connectivity index (χ3v) is 2.30. The summed E-state index contributed by atoms with van der Waals surface area (Å²) >= 11 is 0. The number of carbonyl (C=O) groups is 1. The van der Waals surface area contributed by atoms with Crippen LogP contribution in [-0.2, 0) is 4.79 Å². The Morgan fingerprint density at radius 3 is 3.00 bits per heavy atom. The first-order valence-electron chi connectivity index (χ1n) is 3.96. The normalized spacial score (nSPS) is 35.5. The van der Waals surface area contributed by atoms with Gasteiger partial charge < -0.3 is 5.32 Å². The Morgan fingerprint density at radius 2 is 2.18 bits per heavy atom. The van der Waals surface area contributed by atoms with Crippen molar-refractivity contribution in [1.82, 2.24) is 5.32 Å². The summed E-state index contributed by atoms with van der Waals surface area (Å²) < 4.78 is 0. The van der Waals surface area contributed by atoms with E-state index in [2.05, 4.69) is 11.4 Å². The molecular weight excluding hydrogens is 138 g/mol. The molecule has 0 aromatic rings. The molecule has 0 aromatic carbocycles. The van der Waals surface area contributed by atoms with Crippen LogP contribution in [0.15, 0.2) is 24.3 Å². The van der Waals surface area contributed by atoms with Gasteiger partial charge in [0, 0.05) is 18.4 Å². The molecule has 2 rings (SSSR count). The SMILES string of the molecule is O=C1CNCC2C=CC=CC12. The largest absolute Gasteiger partial charge is 0.309 e. The third kappa shape index (κ3) is 1.14. The van der Waals surface area contributed by atoms with Crippen molar-refractivity contribution in [3.63, 3.8) is 0 Å². The highest BCUT2D eigenvalue weighted by Crippen LogP contribution is 2.22. The minimum atomic E-state index is 0.154. The summed E-state index contributed by atoms with van der Waals surface area (Å²) in [6, 6.07) is 0. The van der Waals surface area contributed by atoms with Crippen LogP contribution in [0.4, 0.5) is 0 Å². The zero-order valence-electron chi connectivity index (χ0n) is 6.29. The molecule has 2 atom stereocenters. The quantitative estimate of drug-likeness (QED) is 0.544. The van der Waals surface area contributed by atoms with Gasteiger partial charge in [-0.2, -0.15) is 0 Å². The molecule has 0 spiro atoms. The van der Waals surface area contributed by atoms with Crippen LogP contribution in [-0.4, -0.2) is 18.9 Å². The number of carbonyl (C=O) groups excluding carboxylic acids is 1. The van der Waals surface area contributed by atoms with Crippen LogP contribution in [0.3, 0.4) is 0 Å². The molecule has 1 aliphatic heterocycles. The third-order valence-electron chi connectivity index (χ3n) is 2.30. The van der Waals surface area contributed by atoms with E-state index in [1.54, 1.807) is 0 Å². The summed E-state index contributed by atoms with van der Waals surface area (Å²) in [7, 11) is 0. The van der Waals surface area contributed by atoms with Gasteiger partial charge in [-0.3, -0.25) is 4.79 Å². The summed E-state index contributed by atoms with van der Waals surface area (Å²) in [6.45, 7) is 1.48. The van der Waals surface area contributed by atoms with Crippen molar-refractivity contribution in [1.29, 1.82) is 0 Å². The summed E-state index contributed by atoms with van der Waals surface area (Å²) in [6.07, 6.45) is 8.09. The van der Waals surface area contributed by atoms with Gasteiger partial charge in [-0.1, -0.05) is 24.3 Å². The van der Waals surface area contributed by atoms with Gasteiger partial charge >= 0.3 is 0 Å². The van der Waals surface area contributed by atoms with Crippen LogP contribution in [0.1, 0.15) is 0 Å². The molecule has 0 aromatic heterocycles. The highest BCUT2D eigenvalue weighted by atomic mass is 16.1. The minimum absolute atomic E-state index is 0.154. The molecule has 1 aliphatic carbocycles. The molecule has 1 heterocycles. The summed E-state index contributed by atoms with van der Waals surface area (Å²) in [5, 5.41) is 3.10. The molecule has 1 N–H and O–H groups in total. The van der Waals surface area contributed by atoms with E-state index >= 15 is 0 Å². The lowest BCUT2D eigenvalue weighted by Crippen LogP contribution is -2.42. The molecular formula is C9H11NO. The molecule has 0 bridgehead atoms. The van der Waals surface area contributed by atoms with Gasteiger partial charge in [0.25, 0.3) is 0 Å². The lowest BCUT2D eigenvalue weighted by molar-refractivity contribution is -0.122. The Bertz CT molecular complexity index is 230. The molecule has 1 fully saturated rings. The van der Waals surface area contributed by atoms with E-state index < -0.39 is 0 Å². The maximum absolute atomic E-state index is 11.3. The topological polar surface area (TPSA) is 29.1 Å². The number of fused-ring (bicyclic) bond motifs is 1. The van der Waals surface area contributed by atoms with Crippen molar-refractivity contribution >= 4 is 5.78 Å². The van der Waals surface area contributed by atoms with Crippen LogP contribution in [0.25, 0.3) is 0 Å². The molecule has 2 aliphatic rings. The summed E-state index contributed by atoms with van der Waals surface area (Å²) in [5.74, 6) is 0.879. The first-order valence-corrected chi connectivity index (χ1v) is 3.96. The Kier molecular flexibility index (Phi) is 1.62. The number of hydrogen-bond donors (Lipinski definition) is 1. The first kappa shape index (κ1) is 6.80. The lowest BCUT2D eigenvalue weighted by atomic mass is 9.83. The van der Waals surface area contributed by atoms with Crippen molar-refractivity contribution in [3.8, 4) is 0 Å². The number of nitrogens with one attached hydrogen (secondary N) is 1. The van der Waals surface area contributed by atoms with Crippen molar-refractivity contribution in [2.24, 2.45) is 11.8 Å². The van der Waals surface area contributed by atoms with Gasteiger partial charge in [-0.05, 0) is 0 Å². The van der Waals surface area contributed by atoms with Crippen molar-refractivity contribution in [3.05, 3.63) is 24.3 Å². The van der Waals surface area contributed by atoms with Crippen LogP contribution >= 0.6 is 0 Å². The van der Waals surface area contributed by atoms with Gasteiger partial charge in [0.15, 0.2) is 5.78 Å². The van der Waals surface area contributed by atoms with Gasteiger partial charge in [0.1, 0.15) is 0 Å². The zero-order chi connectivity index (χ0) is 7.68. The fraction of sp³-hybridized carbons (Fsp3) is 0.444. The second-order valence-electron chi connectivity index (χ2n) is 3.06. The van der Waals surface area contributed by atoms with E-state index in [4.69, 9.17) is 0 Å². The fourth-order valence-electron chi connectivity index (χ4n) is 1.67. The average molecular weight is 149 g/mol. The van der Waals surface area contributed by atoms with Crippen LogP contribution in [0, 0.1) is 11.8 Å². The van der Waals surface area contributed by atoms with E-state index in [1.807, 2.05) is 18.2 Å². The average Bonchev–Trinajstić information content (AvgIpc) is 2.06. The molecule has 0 saturated carbocycles. The smallest absolute Gasteiger partial charge is 0.154 e. The Morgan fingerprint density at radius 1 is 1.36 bits per heavy atom. The highest BCUT2D eigenvalue weighted by molar-refractivity contribution is 5.86. The molecule has 58 valence electrons. The predicted molar refractivity (Wildman–Crippen MR) is 43.1 cm³/mol. The van der Waals surface area contributed by atoms with Gasteiger partial charge in [0.2, 0.25) is 0 Å². The standard InChI is InChI=1S/C9H11NO/c11-9-6-10-5-7-3-1-2-4-8(7)9/h1-4,7-8,10H,5-6H2. The van der Waals surface area contributed by atoms with E-state index in [0.29, 0.717) is 18.2 Å². The van der Waals surface area contributed by atoms with Crippen molar-refractivity contribution in [2.45, 2.75) is 0 Å². The predicted octanol–water partition coefficient (Wildman–Crippen LogP) is 0.517. The van der Waals surface area contributed by atoms with Crippen molar-refractivity contribution < 1.29 is 4.79 Å². The molecule has 2 unspecified atom stereocenters. The van der Waals surface area contributed by atoms with Crippen molar-refractivity contribution in [2.75, 3.05) is 13.1 Å². The Hall–Kier alpha value is -0.890. The van der Waals surface area contributed by atoms with Crippen LogP contribution < -0.4 is 5.32 Å². The number of allylic oxidation sites excluding steroid dienone is 3. The molecule has 1 saturated heterocycles. The number of hydrogen-bond acceptors (Lipinski definition) is 2. The second-order valence-corrected chi connectivity index (χ2v) is 3.06. The van der Waals surface area contributed by atoms with E-state index in [1.165, 1.54) is 0 Å². The Balaban J connectivity index is 2.20. The molecule has 0 radical (unpaired) electrons. The zero-order valence-corrected chi connectivity index (χ0v) is 6.29. The summed E-state index contributed by atoms with van der Waals surface area (Å²) in [4.78, 5) is 11.3. The first-order chi connectivity index (χ1) is 5.38. The molecule has 2 nitrogen and oxygen atoms in total. The van der Waals surface area contributed by atoms with Crippen LogP contribution in [0.5, 0.6) is 0 Å². The van der Waals surface area contributed by atoms with E-state index in [9.17, 15) is 4.79 Å². The Labute approximate surface area is 66.0 Å². The van der Waals surface area contributed by atoms with Gasteiger partial charge in [0.05, 0.1) is 6.54 Å². The monoisotopic (exact) mass is 149 g/mol. The minimum Gasteiger partial charge on any atom is -0.309 e. The van der Waals surface area contributed by atoms with E-state index in [0.717, 1.165) is 6.54 Å². The van der Waals surface area contributed by atoms with Gasteiger partial charge in [-0.15, -0.1) is 0 Å². The molecule has 11 heavy (non-hydrogen) atoms. The number of ketones is 1. The second kappa shape index (κ2) is 2.62.